The van der Waals surface area contributed by atoms with Gasteiger partial charge in [-0.2, -0.15) is 0 Å². The monoisotopic (exact) mass is 274 g/mol. The number of aliphatic hydroxyl groups is 1. The van der Waals surface area contributed by atoms with Gasteiger partial charge in [-0.25, -0.2) is 4.98 Å². The highest BCUT2D eigenvalue weighted by atomic mass is 16.2. The van der Waals surface area contributed by atoms with Crippen molar-refractivity contribution in [3.8, 4) is 11.8 Å². The highest BCUT2D eigenvalue weighted by molar-refractivity contribution is 5.92. The number of aromatic nitrogens is 1. The molecule has 0 saturated carbocycles. The zero-order valence-electron chi connectivity index (χ0n) is 12.4. The van der Waals surface area contributed by atoms with Gasteiger partial charge in [0.25, 0.3) is 5.91 Å². The van der Waals surface area contributed by atoms with E-state index in [4.69, 9.17) is 5.11 Å². The van der Waals surface area contributed by atoms with Crippen LogP contribution in [0, 0.1) is 11.8 Å². The van der Waals surface area contributed by atoms with E-state index in [-0.39, 0.29) is 18.1 Å². The molecule has 4 nitrogen and oxygen atoms in total. The van der Waals surface area contributed by atoms with E-state index in [2.05, 4.69) is 29.1 Å². The van der Waals surface area contributed by atoms with Gasteiger partial charge in [0.05, 0.1) is 6.61 Å². The lowest BCUT2D eigenvalue weighted by atomic mass is 9.99. The van der Waals surface area contributed by atoms with Crippen molar-refractivity contribution in [3.05, 3.63) is 29.6 Å². The number of hydrogen-bond donors (Lipinski definition) is 2. The summed E-state index contributed by atoms with van der Waals surface area (Å²) in [5, 5.41) is 11.6. The SMILES string of the molecule is CCCC(C)(C)NC(=O)c1ccc(C#CCCO)cn1. The van der Waals surface area contributed by atoms with Crippen LogP contribution in [0.15, 0.2) is 18.3 Å². The highest BCUT2D eigenvalue weighted by Crippen LogP contribution is 2.11. The molecule has 0 bridgehead atoms. The summed E-state index contributed by atoms with van der Waals surface area (Å²) in [5.41, 5.74) is 0.900. The van der Waals surface area contributed by atoms with Crippen LogP contribution in [0.4, 0.5) is 0 Å². The van der Waals surface area contributed by atoms with E-state index in [9.17, 15) is 4.79 Å². The molecule has 0 saturated heterocycles. The molecule has 108 valence electrons. The molecule has 0 aliphatic carbocycles. The first-order valence-corrected chi connectivity index (χ1v) is 6.87. The standard InChI is InChI=1S/C16H22N2O2/c1-4-10-16(2,3)18-15(20)14-9-8-13(12-17-14)7-5-6-11-19/h8-9,12,19H,4,6,10-11H2,1-3H3,(H,18,20). The Morgan fingerprint density at radius 1 is 1.45 bits per heavy atom. The van der Waals surface area contributed by atoms with E-state index in [1.807, 2.05) is 13.8 Å². The van der Waals surface area contributed by atoms with Gasteiger partial charge in [0.2, 0.25) is 0 Å². The maximum Gasteiger partial charge on any atom is 0.270 e. The van der Waals surface area contributed by atoms with Crippen molar-refractivity contribution >= 4 is 5.91 Å². The lowest BCUT2D eigenvalue weighted by molar-refractivity contribution is 0.0904. The number of rotatable bonds is 5. The van der Waals surface area contributed by atoms with Gasteiger partial charge in [-0.05, 0) is 32.4 Å². The Morgan fingerprint density at radius 2 is 2.20 bits per heavy atom. The number of aliphatic hydroxyl groups excluding tert-OH is 1. The molecule has 0 radical (unpaired) electrons. The smallest absolute Gasteiger partial charge is 0.270 e. The third-order valence-electron chi connectivity index (χ3n) is 2.79. The molecule has 1 heterocycles. The second-order valence-electron chi connectivity index (χ2n) is 5.30. The van der Waals surface area contributed by atoms with Gasteiger partial charge in [-0.15, -0.1) is 0 Å². The summed E-state index contributed by atoms with van der Waals surface area (Å²) >= 11 is 0. The zero-order valence-corrected chi connectivity index (χ0v) is 12.4. The van der Waals surface area contributed by atoms with Crippen molar-refractivity contribution in [2.75, 3.05) is 6.61 Å². The topological polar surface area (TPSA) is 62.2 Å². The molecule has 1 rings (SSSR count). The summed E-state index contributed by atoms with van der Waals surface area (Å²) in [4.78, 5) is 16.2. The third-order valence-corrected chi connectivity index (χ3v) is 2.79. The minimum absolute atomic E-state index is 0.0490. The van der Waals surface area contributed by atoms with Crippen LogP contribution in [-0.2, 0) is 0 Å². The fourth-order valence-electron chi connectivity index (χ4n) is 1.88. The third kappa shape index (κ3) is 5.41. The highest BCUT2D eigenvalue weighted by Gasteiger charge is 2.20. The van der Waals surface area contributed by atoms with Gasteiger partial charge in [0.1, 0.15) is 5.69 Å². The number of carbonyl (C=O) groups is 1. The molecule has 0 fully saturated rings. The van der Waals surface area contributed by atoms with Gasteiger partial charge >= 0.3 is 0 Å². The number of amides is 1. The molecule has 1 aromatic heterocycles. The lowest BCUT2D eigenvalue weighted by Crippen LogP contribution is -2.43. The van der Waals surface area contributed by atoms with Crippen molar-refractivity contribution in [3.63, 3.8) is 0 Å². The Morgan fingerprint density at radius 3 is 2.75 bits per heavy atom. The van der Waals surface area contributed by atoms with E-state index in [0.717, 1.165) is 18.4 Å². The van der Waals surface area contributed by atoms with E-state index < -0.39 is 0 Å². The molecule has 0 unspecified atom stereocenters. The molecular formula is C16H22N2O2. The molecule has 0 aliphatic heterocycles. The predicted octanol–water partition coefficient (Wildman–Crippen LogP) is 2.12. The maximum absolute atomic E-state index is 12.1. The fourth-order valence-corrected chi connectivity index (χ4v) is 1.88. The Kier molecular flexibility index (Phi) is 6.20. The van der Waals surface area contributed by atoms with Gasteiger partial charge in [-0.3, -0.25) is 4.79 Å². The lowest BCUT2D eigenvalue weighted by Gasteiger charge is -2.25. The Hall–Kier alpha value is -1.86. The first kappa shape index (κ1) is 16.2. The number of hydrogen-bond acceptors (Lipinski definition) is 3. The van der Waals surface area contributed by atoms with Crippen molar-refractivity contribution in [2.24, 2.45) is 0 Å². The average molecular weight is 274 g/mol. The molecule has 20 heavy (non-hydrogen) atoms. The molecular weight excluding hydrogens is 252 g/mol. The molecule has 2 N–H and O–H groups in total. The Balaban J connectivity index is 2.69. The molecule has 4 heteroatoms. The molecule has 0 spiro atoms. The normalized spacial score (nSPS) is 10.6. The molecule has 0 atom stereocenters. The first-order valence-electron chi connectivity index (χ1n) is 6.87. The largest absolute Gasteiger partial charge is 0.395 e. The van der Waals surface area contributed by atoms with Crippen LogP contribution in [-0.4, -0.2) is 28.1 Å². The van der Waals surface area contributed by atoms with Crippen molar-refractivity contribution in [1.29, 1.82) is 0 Å². The van der Waals surface area contributed by atoms with Crippen LogP contribution in [0.2, 0.25) is 0 Å². The summed E-state index contributed by atoms with van der Waals surface area (Å²) < 4.78 is 0. The van der Waals surface area contributed by atoms with Crippen LogP contribution in [0.3, 0.4) is 0 Å². The number of pyridine rings is 1. The predicted molar refractivity (Wildman–Crippen MR) is 79.3 cm³/mol. The molecule has 0 aromatic carbocycles. The number of nitrogens with one attached hydrogen (secondary N) is 1. The molecule has 1 amide bonds. The zero-order chi connectivity index (χ0) is 15.0. The molecule has 0 aliphatic rings. The van der Waals surface area contributed by atoms with Crippen LogP contribution in [0.5, 0.6) is 0 Å². The Labute approximate surface area is 120 Å². The summed E-state index contributed by atoms with van der Waals surface area (Å²) in [5.74, 6) is 5.52. The summed E-state index contributed by atoms with van der Waals surface area (Å²) in [6.45, 7) is 6.14. The van der Waals surface area contributed by atoms with Gasteiger partial charge in [-0.1, -0.05) is 25.2 Å². The summed E-state index contributed by atoms with van der Waals surface area (Å²) in [7, 11) is 0. The summed E-state index contributed by atoms with van der Waals surface area (Å²) in [6.07, 6.45) is 3.95. The van der Waals surface area contributed by atoms with Crippen molar-refractivity contribution in [1.82, 2.24) is 10.3 Å². The molecule has 1 aromatic rings. The minimum Gasteiger partial charge on any atom is -0.395 e. The van der Waals surface area contributed by atoms with Crippen LogP contribution in [0.25, 0.3) is 0 Å². The number of carbonyl (C=O) groups excluding carboxylic acids is 1. The fraction of sp³-hybridized carbons (Fsp3) is 0.500. The first-order chi connectivity index (χ1) is 9.48. The average Bonchev–Trinajstić information content (AvgIpc) is 2.39. The van der Waals surface area contributed by atoms with Gasteiger partial charge in [0, 0.05) is 23.7 Å². The van der Waals surface area contributed by atoms with E-state index in [1.165, 1.54) is 0 Å². The van der Waals surface area contributed by atoms with E-state index in [1.54, 1.807) is 18.3 Å². The van der Waals surface area contributed by atoms with Crippen LogP contribution >= 0.6 is 0 Å². The van der Waals surface area contributed by atoms with Crippen LogP contribution < -0.4 is 5.32 Å². The summed E-state index contributed by atoms with van der Waals surface area (Å²) in [6, 6.07) is 3.43. The maximum atomic E-state index is 12.1. The van der Waals surface area contributed by atoms with Crippen molar-refractivity contribution in [2.45, 2.75) is 45.6 Å². The van der Waals surface area contributed by atoms with Crippen molar-refractivity contribution < 1.29 is 9.90 Å². The van der Waals surface area contributed by atoms with Gasteiger partial charge in [0.15, 0.2) is 0 Å². The quantitative estimate of drug-likeness (QED) is 0.808. The Bertz CT molecular complexity index is 495. The second kappa shape index (κ2) is 7.66. The second-order valence-corrected chi connectivity index (χ2v) is 5.30. The minimum atomic E-state index is -0.229. The van der Waals surface area contributed by atoms with E-state index in [0.29, 0.717) is 12.1 Å². The van der Waals surface area contributed by atoms with E-state index >= 15 is 0 Å². The number of nitrogens with zero attached hydrogens (tertiary/aromatic N) is 1. The van der Waals surface area contributed by atoms with Crippen LogP contribution in [0.1, 0.15) is 56.1 Å². The van der Waals surface area contributed by atoms with Gasteiger partial charge < -0.3 is 10.4 Å².